The number of carboxylic acid groups (broad SMARTS) is 1. The second-order valence-corrected chi connectivity index (χ2v) is 6.79. The lowest BCUT2D eigenvalue weighted by Gasteiger charge is -2.18. The summed E-state index contributed by atoms with van der Waals surface area (Å²) in [5.41, 5.74) is 2.38. The van der Waals surface area contributed by atoms with Crippen molar-refractivity contribution in [3.8, 4) is 0 Å². The lowest BCUT2D eigenvalue weighted by atomic mass is 9.88. The highest BCUT2D eigenvalue weighted by atomic mass is 16.5. The summed E-state index contributed by atoms with van der Waals surface area (Å²) in [4.78, 5) is 27.8. The summed E-state index contributed by atoms with van der Waals surface area (Å²) in [7, 11) is 1.52. The summed E-state index contributed by atoms with van der Waals surface area (Å²) < 4.78 is 5.03. The fraction of sp³-hybridized carbons (Fsp3) is 0.316. The number of methoxy groups -OCH3 is 1. The number of nitrogens with zero attached hydrogens (tertiary/aromatic N) is 1. The van der Waals surface area contributed by atoms with Gasteiger partial charge in [0.2, 0.25) is 0 Å². The molecule has 1 aromatic carbocycles. The first-order chi connectivity index (χ1) is 11.7. The molecule has 0 atom stereocenters. The third-order valence-corrected chi connectivity index (χ3v) is 3.67. The zero-order valence-electron chi connectivity index (χ0n) is 14.8. The van der Waals surface area contributed by atoms with Gasteiger partial charge >= 0.3 is 5.97 Å². The van der Waals surface area contributed by atoms with Crippen molar-refractivity contribution in [3.63, 3.8) is 0 Å². The van der Waals surface area contributed by atoms with E-state index < -0.39 is 11.9 Å². The second kappa shape index (κ2) is 7.44. The van der Waals surface area contributed by atoms with E-state index in [2.05, 4.69) is 31.1 Å². The molecule has 1 amide bonds. The number of aromatic carboxylic acids is 1. The topological polar surface area (TPSA) is 88.5 Å². The van der Waals surface area contributed by atoms with Gasteiger partial charge in [-0.15, -0.1) is 0 Å². The highest BCUT2D eigenvalue weighted by molar-refractivity contribution is 6.03. The van der Waals surface area contributed by atoms with E-state index in [4.69, 9.17) is 4.74 Å². The Morgan fingerprint density at radius 1 is 1.20 bits per heavy atom. The summed E-state index contributed by atoms with van der Waals surface area (Å²) in [5, 5.41) is 11.9. The Bertz CT molecular complexity index is 777. The fourth-order valence-corrected chi connectivity index (χ4v) is 2.30. The van der Waals surface area contributed by atoms with E-state index in [1.54, 1.807) is 18.3 Å². The maximum atomic E-state index is 12.4. The Hall–Kier alpha value is -2.73. The number of hydrogen-bond donors (Lipinski definition) is 2. The molecule has 2 aromatic rings. The molecule has 0 aliphatic heterocycles. The molecule has 0 unspecified atom stereocenters. The lowest BCUT2D eigenvalue weighted by molar-refractivity contribution is 0.0696. The number of carboxylic acids is 1. The Morgan fingerprint density at radius 2 is 1.92 bits per heavy atom. The van der Waals surface area contributed by atoms with Gasteiger partial charge in [-0.2, -0.15) is 0 Å². The van der Waals surface area contributed by atoms with Crippen LogP contribution in [0.25, 0.3) is 0 Å². The smallest absolute Gasteiger partial charge is 0.335 e. The molecule has 0 radical (unpaired) electrons. The maximum Gasteiger partial charge on any atom is 0.335 e. The van der Waals surface area contributed by atoms with Gasteiger partial charge in [-0.3, -0.25) is 9.78 Å². The molecule has 132 valence electrons. The number of rotatable bonds is 5. The summed E-state index contributed by atoms with van der Waals surface area (Å²) in [6, 6.07) is 8.12. The van der Waals surface area contributed by atoms with Gasteiger partial charge in [-0.1, -0.05) is 26.8 Å². The highest BCUT2D eigenvalue weighted by Gasteiger charge is 2.16. The summed E-state index contributed by atoms with van der Waals surface area (Å²) in [5.74, 6) is -1.47. The van der Waals surface area contributed by atoms with Gasteiger partial charge in [0, 0.05) is 19.0 Å². The number of amides is 1. The monoisotopic (exact) mass is 342 g/mol. The van der Waals surface area contributed by atoms with E-state index in [1.165, 1.54) is 19.2 Å². The van der Waals surface area contributed by atoms with Crippen LogP contribution in [0.5, 0.6) is 0 Å². The number of ether oxygens (including phenoxy) is 1. The maximum absolute atomic E-state index is 12.4. The normalized spacial score (nSPS) is 11.2. The van der Waals surface area contributed by atoms with Crippen LogP contribution in [0.2, 0.25) is 0 Å². The minimum Gasteiger partial charge on any atom is -0.478 e. The SMILES string of the molecule is COCc1cc(NC(=O)c2ccc(C(C)(C)C)cn2)cc(C(=O)O)c1. The molecule has 0 aliphatic rings. The first-order valence-corrected chi connectivity index (χ1v) is 7.85. The van der Waals surface area contributed by atoms with Gasteiger partial charge in [-0.05, 0) is 40.8 Å². The van der Waals surface area contributed by atoms with Crippen LogP contribution in [0.4, 0.5) is 5.69 Å². The fourth-order valence-electron chi connectivity index (χ4n) is 2.30. The number of pyridine rings is 1. The summed E-state index contributed by atoms with van der Waals surface area (Å²) >= 11 is 0. The number of nitrogens with one attached hydrogen (secondary N) is 1. The van der Waals surface area contributed by atoms with Crippen molar-refractivity contribution in [2.75, 3.05) is 12.4 Å². The molecule has 0 aliphatic carbocycles. The van der Waals surface area contributed by atoms with Crippen molar-refractivity contribution >= 4 is 17.6 Å². The van der Waals surface area contributed by atoms with E-state index in [9.17, 15) is 14.7 Å². The molecule has 6 heteroatoms. The predicted molar refractivity (Wildman–Crippen MR) is 95.0 cm³/mol. The molecular formula is C19H22N2O4. The number of aromatic nitrogens is 1. The number of carbonyl (C=O) groups is 2. The van der Waals surface area contributed by atoms with Crippen LogP contribution < -0.4 is 5.32 Å². The van der Waals surface area contributed by atoms with E-state index in [0.29, 0.717) is 11.3 Å². The number of hydrogen-bond acceptors (Lipinski definition) is 4. The first-order valence-electron chi connectivity index (χ1n) is 7.85. The van der Waals surface area contributed by atoms with Crippen LogP contribution in [0.3, 0.4) is 0 Å². The standard InChI is InChI=1S/C19H22N2O4/c1-19(2,3)14-5-6-16(20-10-14)17(22)21-15-8-12(11-25-4)7-13(9-15)18(23)24/h5-10H,11H2,1-4H3,(H,21,22)(H,23,24). The number of benzene rings is 1. The third-order valence-electron chi connectivity index (χ3n) is 3.67. The molecule has 0 bridgehead atoms. The largest absolute Gasteiger partial charge is 0.478 e. The Morgan fingerprint density at radius 3 is 2.44 bits per heavy atom. The molecule has 2 rings (SSSR count). The van der Waals surface area contributed by atoms with Crippen LogP contribution in [0.1, 0.15) is 52.7 Å². The van der Waals surface area contributed by atoms with Gasteiger partial charge in [0.05, 0.1) is 12.2 Å². The quantitative estimate of drug-likeness (QED) is 0.868. The van der Waals surface area contributed by atoms with Gasteiger partial charge < -0.3 is 15.2 Å². The minimum atomic E-state index is -1.07. The Labute approximate surface area is 146 Å². The number of carbonyl (C=O) groups excluding carboxylic acids is 1. The minimum absolute atomic E-state index is 0.0487. The van der Waals surface area contributed by atoms with E-state index in [0.717, 1.165) is 5.56 Å². The molecule has 6 nitrogen and oxygen atoms in total. The van der Waals surface area contributed by atoms with E-state index >= 15 is 0 Å². The van der Waals surface area contributed by atoms with Crippen molar-refractivity contribution in [2.45, 2.75) is 32.8 Å². The van der Waals surface area contributed by atoms with Crippen molar-refractivity contribution in [2.24, 2.45) is 0 Å². The molecule has 0 saturated heterocycles. The molecule has 1 heterocycles. The molecule has 0 saturated carbocycles. The van der Waals surface area contributed by atoms with Crippen LogP contribution in [-0.2, 0) is 16.8 Å². The molecule has 2 N–H and O–H groups in total. The molecule has 0 fully saturated rings. The zero-order valence-corrected chi connectivity index (χ0v) is 14.8. The average Bonchev–Trinajstić information content (AvgIpc) is 2.54. The lowest BCUT2D eigenvalue weighted by Crippen LogP contribution is -2.16. The highest BCUT2D eigenvalue weighted by Crippen LogP contribution is 2.21. The number of anilines is 1. The Balaban J connectivity index is 2.23. The summed E-state index contributed by atoms with van der Waals surface area (Å²) in [6.45, 7) is 6.46. The molecule has 25 heavy (non-hydrogen) atoms. The van der Waals surface area contributed by atoms with Crippen molar-refractivity contribution in [1.82, 2.24) is 4.98 Å². The van der Waals surface area contributed by atoms with Gasteiger partial charge in [-0.25, -0.2) is 4.79 Å². The van der Waals surface area contributed by atoms with Crippen LogP contribution in [0, 0.1) is 0 Å². The average molecular weight is 342 g/mol. The van der Waals surface area contributed by atoms with Gasteiger partial charge in [0.15, 0.2) is 0 Å². The summed E-state index contributed by atoms with van der Waals surface area (Å²) in [6.07, 6.45) is 1.68. The van der Waals surface area contributed by atoms with Gasteiger partial charge in [0.1, 0.15) is 5.69 Å². The first kappa shape index (κ1) is 18.6. The van der Waals surface area contributed by atoms with Crippen LogP contribution in [0.15, 0.2) is 36.5 Å². The van der Waals surface area contributed by atoms with Crippen molar-refractivity contribution < 1.29 is 19.4 Å². The Kier molecular flexibility index (Phi) is 5.54. The van der Waals surface area contributed by atoms with Crippen LogP contribution >= 0.6 is 0 Å². The van der Waals surface area contributed by atoms with Crippen molar-refractivity contribution in [1.29, 1.82) is 0 Å². The van der Waals surface area contributed by atoms with E-state index in [-0.39, 0.29) is 23.3 Å². The zero-order chi connectivity index (χ0) is 18.6. The van der Waals surface area contributed by atoms with Crippen molar-refractivity contribution in [3.05, 3.63) is 58.9 Å². The predicted octanol–water partition coefficient (Wildman–Crippen LogP) is 3.48. The van der Waals surface area contributed by atoms with E-state index in [1.807, 2.05) is 6.07 Å². The van der Waals surface area contributed by atoms with Crippen LogP contribution in [-0.4, -0.2) is 29.1 Å². The third kappa shape index (κ3) is 4.87. The molecule has 1 aromatic heterocycles. The molecule has 0 spiro atoms. The second-order valence-electron chi connectivity index (χ2n) is 6.79. The molecular weight excluding hydrogens is 320 g/mol. The van der Waals surface area contributed by atoms with Gasteiger partial charge in [0.25, 0.3) is 5.91 Å².